The van der Waals surface area contributed by atoms with Gasteiger partial charge in [-0.2, -0.15) is 5.26 Å². The third-order valence-electron chi connectivity index (χ3n) is 3.00. The molecular formula is C13H16N2. The summed E-state index contributed by atoms with van der Waals surface area (Å²) in [5.41, 5.74) is 2.05. The lowest BCUT2D eigenvalue weighted by atomic mass is 10.1. The van der Waals surface area contributed by atoms with Gasteiger partial charge in [-0.05, 0) is 36.6 Å². The van der Waals surface area contributed by atoms with Crippen molar-refractivity contribution in [2.75, 3.05) is 13.1 Å². The van der Waals surface area contributed by atoms with Crippen LogP contribution in [0.2, 0.25) is 0 Å². The lowest BCUT2D eigenvalue weighted by Crippen LogP contribution is -2.19. The maximum Gasteiger partial charge on any atom is 0.0991 e. The van der Waals surface area contributed by atoms with Gasteiger partial charge in [0.2, 0.25) is 0 Å². The molecule has 2 rings (SSSR count). The summed E-state index contributed by atoms with van der Waals surface area (Å²) >= 11 is 0. The van der Waals surface area contributed by atoms with Gasteiger partial charge in [0.05, 0.1) is 11.6 Å². The van der Waals surface area contributed by atoms with E-state index < -0.39 is 0 Å². The van der Waals surface area contributed by atoms with Crippen molar-refractivity contribution in [2.45, 2.75) is 19.9 Å². The Morgan fingerprint density at radius 3 is 2.67 bits per heavy atom. The zero-order valence-electron chi connectivity index (χ0n) is 9.11. The van der Waals surface area contributed by atoms with Crippen LogP contribution in [0.5, 0.6) is 0 Å². The van der Waals surface area contributed by atoms with E-state index in [1.807, 2.05) is 12.1 Å². The van der Waals surface area contributed by atoms with Crippen molar-refractivity contribution in [3.63, 3.8) is 0 Å². The summed E-state index contributed by atoms with van der Waals surface area (Å²) in [6, 6.07) is 10.1. The van der Waals surface area contributed by atoms with Crippen LogP contribution in [-0.4, -0.2) is 18.0 Å². The largest absolute Gasteiger partial charge is 0.299 e. The average molecular weight is 200 g/mol. The van der Waals surface area contributed by atoms with Crippen molar-refractivity contribution >= 4 is 0 Å². The molecule has 2 heteroatoms. The number of rotatable bonds is 2. The van der Waals surface area contributed by atoms with Crippen molar-refractivity contribution < 1.29 is 0 Å². The van der Waals surface area contributed by atoms with Gasteiger partial charge < -0.3 is 0 Å². The Morgan fingerprint density at radius 2 is 2.13 bits per heavy atom. The van der Waals surface area contributed by atoms with Crippen molar-refractivity contribution in [3.05, 3.63) is 35.4 Å². The van der Waals surface area contributed by atoms with Crippen LogP contribution in [0.4, 0.5) is 0 Å². The van der Waals surface area contributed by atoms with Crippen molar-refractivity contribution in [3.8, 4) is 6.07 Å². The fourth-order valence-electron chi connectivity index (χ4n) is 2.11. The second kappa shape index (κ2) is 4.46. The van der Waals surface area contributed by atoms with Gasteiger partial charge in [0.15, 0.2) is 0 Å². The summed E-state index contributed by atoms with van der Waals surface area (Å²) in [4.78, 5) is 2.48. The van der Waals surface area contributed by atoms with Gasteiger partial charge in [0.25, 0.3) is 0 Å². The van der Waals surface area contributed by atoms with Crippen molar-refractivity contribution in [1.29, 1.82) is 5.26 Å². The van der Waals surface area contributed by atoms with E-state index in [0.717, 1.165) is 18.0 Å². The molecule has 1 aromatic carbocycles. The van der Waals surface area contributed by atoms with Crippen LogP contribution in [0.3, 0.4) is 0 Å². The predicted octanol–water partition coefficient (Wildman–Crippen LogP) is 2.40. The number of nitrogens with zero attached hydrogens (tertiary/aromatic N) is 2. The van der Waals surface area contributed by atoms with Crippen LogP contribution < -0.4 is 0 Å². The third-order valence-corrected chi connectivity index (χ3v) is 3.00. The second-order valence-electron chi connectivity index (χ2n) is 4.44. The Bertz CT molecular complexity index is 361. The van der Waals surface area contributed by atoms with Gasteiger partial charge in [-0.25, -0.2) is 0 Å². The maximum atomic E-state index is 8.69. The molecule has 0 unspecified atom stereocenters. The summed E-state index contributed by atoms with van der Waals surface area (Å²) in [5, 5.41) is 8.69. The summed E-state index contributed by atoms with van der Waals surface area (Å²) in [7, 11) is 0. The Labute approximate surface area is 91.1 Å². The molecule has 0 bridgehead atoms. The highest BCUT2D eigenvalue weighted by Gasteiger charge is 2.18. The van der Waals surface area contributed by atoms with E-state index in [2.05, 4.69) is 30.0 Å². The fourth-order valence-corrected chi connectivity index (χ4v) is 2.11. The summed E-state index contributed by atoms with van der Waals surface area (Å²) in [6.07, 6.45) is 1.32. The molecule has 1 heterocycles. The van der Waals surface area contributed by atoms with E-state index in [1.54, 1.807) is 0 Å². The molecule has 1 saturated heterocycles. The minimum Gasteiger partial charge on any atom is -0.299 e. The molecule has 0 aromatic heterocycles. The van der Waals surface area contributed by atoms with Crippen LogP contribution >= 0.6 is 0 Å². The van der Waals surface area contributed by atoms with Crippen LogP contribution in [0.25, 0.3) is 0 Å². The number of nitriles is 1. The molecule has 0 N–H and O–H groups in total. The molecule has 0 spiro atoms. The molecule has 0 radical (unpaired) electrons. The molecule has 0 aliphatic carbocycles. The molecule has 78 valence electrons. The molecule has 1 fully saturated rings. The van der Waals surface area contributed by atoms with Crippen LogP contribution in [0, 0.1) is 17.2 Å². The van der Waals surface area contributed by atoms with Crippen molar-refractivity contribution in [1.82, 2.24) is 4.90 Å². The van der Waals surface area contributed by atoms with Gasteiger partial charge in [0.1, 0.15) is 0 Å². The van der Waals surface area contributed by atoms with Crippen molar-refractivity contribution in [2.24, 2.45) is 5.92 Å². The molecule has 1 aliphatic rings. The van der Waals surface area contributed by atoms with Crippen LogP contribution in [-0.2, 0) is 6.54 Å². The molecule has 1 atom stereocenters. The average Bonchev–Trinajstić information content (AvgIpc) is 2.65. The van der Waals surface area contributed by atoms with Gasteiger partial charge in [0, 0.05) is 13.1 Å². The van der Waals surface area contributed by atoms with Gasteiger partial charge in [-0.15, -0.1) is 0 Å². The smallest absolute Gasteiger partial charge is 0.0991 e. The van der Waals surface area contributed by atoms with Gasteiger partial charge in [-0.3, -0.25) is 4.90 Å². The molecule has 2 nitrogen and oxygen atoms in total. The Morgan fingerprint density at radius 1 is 1.40 bits per heavy atom. The molecule has 0 saturated carbocycles. The monoisotopic (exact) mass is 200 g/mol. The molecular weight excluding hydrogens is 184 g/mol. The first-order valence-electron chi connectivity index (χ1n) is 5.49. The predicted molar refractivity (Wildman–Crippen MR) is 60.2 cm³/mol. The Kier molecular flexibility index (Phi) is 3.03. The lowest BCUT2D eigenvalue weighted by Gasteiger charge is -2.14. The summed E-state index contributed by atoms with van der Waals surface area (Å²) in [5.74, 6) is 0.836. The Balaban J connectivity index is 1.96. The third kappa shape index (κ3) is 2.57. The second-order valence-corrected chi connectivity index (χ2v) is 4.44. The van der Waals surface area contributed by atoms with E-state index in [4.69, 9.17) is 5.26 Å². The zero-order chi connectivity index (χ0) is 10.7. The minimum atomic E-state index is 0.744. The number of benzene rings is 1. The molecule has 15 heavy (non-hydrogen) atoms. The maximum absolute atomic E-state index is 8.69. The minimum absolute atomic E-state index is 0.744. The van der Waals surface area contributed by atoms with Gasteiger partial charge in [-0.1, -0.05) is 19.1 Å². The first-order chi connectivity index (χ1) is 7.28. The van der Waals surface area contributed by atoms with E-state index in [0.29, 0.717) is 0 Å². The quantitative estimate of drug-likeness (QED) is 0.733. The first kappa shape index (κ1) is 10.2. The molecule has 1 aliphatic heterocycles. The fraction of sp³-hybridized carbons (Fsp3) is 0.462. The first-order valence-corrected chi connectivity index (χ1v) is 5.49. The number of hydrogen-bond donors (Lipinski definition) is 0. The zero-order valence-corrected chi connectivity index (χ0v) is 9.11. The standard InChI is InChI=1S/C13H16N2/c1-11-6-7-15(9-11)10-13-4-2-12(8-14)3-5-13/h2-5,11H,6-7,9-10H2,1H3/t11-/m1/s1. The van der Waals surface area contributed by atoms with E-state index >= 15 is 0 Å². The summed E-state index contributed by atoms with van der Waals surface area (Å²) < 4.78 is 0. The van der Waals surface area contributed by atoms with Crippen LogP contribution in [0.15, 0.2) is 24.3 Å². The van der Waals surface area contributed by atoms with Gasteiger partial charge >= 0.3 is 0 Å². The van der Waals surface area contributed by atoms with Crippen LogP contribution in [0.1, 0.15) is 24.5 Å². The number of hydrogen-bond acceptors (Lipinski definition) is 2. The lowest BCUT2D eigenvalue weighted by molar-refractivity contribution is 0.320. The normalized spacial score (nSPS) is 21.5. The summed E-state index contributed by atoms with van der Waals surface area (Å²) in [6.45, 7) is 5.75. The highest BCUT2D eigenvalue weighted by molar-refractivity contribution is 5.31. The van der Waals surface area contributed by atoms with E-state index in [1.165, 1.54) is 25.1 Å². The molecule has 0 amide bonds. The van der Waals surface area contributed by atoms with E-state index in [-0.39, 0.29) is 0 Å². The highest BCUT2D eigenvalue weighted by Crippen LogP contribution is 2.17. The van der Waals surface area contributed by atoms with E-state index in [9.17, 15) is 0 Å². The number of likely N-dealkylation sites (tertiary alicyclic amines) is 1. The SMILES string of the molecule is C[C@@H]1CCN(Cc2ccc(C#N)cc2)C1. The Hall–Kier alpha value is -1.33. The molecule has 1 aromatic rings. The topological polar surface area (TPSA) is 27.0 Å². The highest BCUT2D eigenvalue weighted by atomic mass is 15.1.